The molecule has 0 aliphatic rings. The van der Waals surface area contributed by atoms with Crippen molar-refractivity contribution in [2.75, 3.05) is 7.11 Å². The van der Waals surface area contributed by atoms with Crippen molar-refractivity contribution in [2.24, 2.45) is 5.92 Å². The summed E-state index contributed by atoms with van der Waals surface area (Å²) in [4.78, 5) is 19.7. The number of hydrogen-bond acceptors (Lipinski definition) is 4. The number of nitrogens with zero attached hydrogens (tertiary/aromatic N) is 2. The van der Waals surface area contributed by atoms with Gasteiger partial charge in [-0.2, -0.15) is 4.98 Å². The zero-order valence-electron chi connectivity index (χ0n) is 8.87. The van der Waals surface area contributed by atoms with Crippen LogP contribution in [0.2, 0.25) is 0 Å². The molecule has 1 heterocycles. The van der Waals surface area contributed by atoms with Crippen LogP contribution in [-0.4, -0.2) is 22.9 Å². The molecule has 0 fully saturated rings. The summed E-state index contributed by atoms with van der Waals surface area (Å²) < 4.78 is 5.03. The highest BCUT2D eigenvalue weighted by molar-refractivity contribution is 5.99. The third-order valence-electron chi connectivity index (χ3n) is 1.86. The lowest BCUT2D eigenvalue weighted by Gasteiger charge is -2.08. The maximum atomic E-state index is 11.7. The van der Waals surface area contributed by atoms with Gasteiger partial charge in [-0.25, -0.2) is 4.98 Å². The summed E-state index contributed by atoms with van der Waals surface area (Å²) in [6.45, 7) is 5.43. The first-order valence-corrected chi connectivity index (χ1v) is 4.48. The molecule has 0 saturated heterocycles. The largest absolute Gasteiger partial charge is 0.480 e. The highest BCUT2D eigenvalue weighted by atomic mass is 16.5. The molecule has 1 aromatic heterocycles. The number of methoxy groups -OCH3 is 1. The number of hydrogen-bond donors (Lipinski definition) is 0. The van der Waals surface area contributed by atoms with Crippen molar-refractivity contribution in [2.45, 2.75) is 20.8 Å². The van der Waals surface area contributed by atoms with Gasteiger partial charge >= 0.3 is 0 Å². The van der Waals surface area contributed by atoms with E-state index >= 15 is 0 Å². The molecule has 0 atom stereocenters. The fourth-order valence-corrected chi connectivity index (χ4v) is 1.08. The Balaban J connectivity index is 3.14. The summed E-state index contributed by atoms with van der Waals surface area (Å²) in [6, 6.07) is 0. The van der Waals surface area contributed by atoms with Gasteiger partial charge in [0.2, 0.25) is 5.88 Å². The Bertz CT molecular complexity index is 348. The number of aromatic nitrogens is 2. The number of ketones is 1. The van der Waals surface area contributed by atoms with E-state index in [0.717, 1.165) is 0 Å². The van der Waals surface area contributed by atoms with Gasteiger partial charge in [0.05, 0.1) is 12.7 Å². The van der Waals surface area contributed by atoms with Crippen molar-refractivity contribution in [3.63, 3.8) is 0 Å². The SMILES string of the molecule is COc1nc(C)ncc1C(=O)C(C)C. The predicted octanol–water partition coefficient (Wildman–Crippen LogP) is 1.63. The Morgan fingerprint density at radius 2 is 2.14 bits per heavy atom. The zero-order valence-corrected chi connectivity index (χ0v) is 8.87. The first kappa shape index (κ1) is 10.6. The third kappa shape index (κ3) is 2.07. The summed E-state index contributed by atoms with van der Waals surface area (Å²) in [5, 5.41) is 0. The second-order valence-corrected chi connectivity index (χ2v) is 3.36. The van der Waals surface area contributed by atoms with Crippen LogP contribution in [0.4, 0.5) is 0 Å². The Hall–Kier alpha value is -1.45. The maximum Gasteiger partial charge on any atom is 0.227 e. The molecule has 0 aliphatic carbocycles. The lowest BCUT2D eigenvalue weighted by molar-refractivity contribution is 0.0935. The molecule has 0 saturated carbocycles. The predicted molar refractivity (Wildman–Crippen MR) is 52.5 cm³/mol. The van der Waals surface area contributed by atoms with Crippen molar-refractivity contribution in [3.05, 3.63) is 17.6 Å². The van der Waals surface area contributed by atoms with E-state index in [0.29, 0.717) is 17.3 Å². The monoisotopic (exact) mass is 194 g/mol. The van der Waals surface area contributed by atoms with Gasteiger partial charge in [0, 0.05) is 12.1 Å². The molecule has 0 spiro atoms. The fraction of sp³-hybridized carbons (Fsp3) is 0.500. The van der Waals surface area contributed by atoms with Crippen molar-refractivity contribution in [3.8, 4) is 5.88 Å². The van der Waals surface area contributed by atoms with E-state index in [9.17, 15) is 4.79 Å². The molecule has 1 rings (SSSR count). The molecule has 0 aliphatic heterocycles. The van der Waals surface area contributed by atoms with Crippen LogP contribution >= 0.6 is 0 Å². The summed E-state index contributed by atoms with van der Waals surface area (Å²) in [6.07, 6.45) is 1.52. The average Bonchev–Trinajstić information content (AvgIpc) is 2.16. The summed E-state index contributed by atoms with van der Waals surface area (Å²) in [5.74, 6) is 0.885. The molecule has 4 heteroatoms. The first-order chi connectivity index (χ1) is 6.56. The molecule has 1 aromatic rings. The van der Waals surface area contributed by atoms with Crippen molar-refractivity contribution in [1.82, 2.24) is 9.97 Å². The summed E-state index contributed by atoms with van der Waals surface area (Å²) in [7, 11) is 1.50. The first-order valence-electron chi connectivity index (χ1n) is 4.48. The van der Waals surface area contributed by atoms with Crippen LogP contribution in [0.25, 0.3) is 0 Å². The number of carbonyl (C=O) groups excluding carboxylic acids is 1. The maximum absolute atomic E-state index is 11.7. The van der Waals surface area contributed by atoms with E-state index in [2.05, 4.69) is 9.97 Å². The number of aryl methyl sites for hydroxylation is 1. The van der Waals surface area contributed by atoms with E-state index in [-0.39, 0.29) is 11.7 Å². The minimum Gasteiger partial charge on any atom is -0.480 e. The van der Waals surface area contributed by atoms with Crippen LogP contribution in [0.15, 0.2) is 6.20 Å². The van der Waals surface area contributed by atoms with Gasteiger partial charge in [0.1, 0.15) is 5.82 Å². The number of Topliss-reactive ketones (excluding diaryl/α,β-unsaturated/α-hetero) is 1. The zero-order chi connectivity index (χ0) is 10.7. The molecule has 0 N–H and O–H groups in total. The second-order valence-electron chi connectivity index (χ2n) is 3.36. The molecule has 76 valence electrons. The molecule has 0 radical (unpaired) electrons. The van der Waals surface area contributed by atoms with Crippen LogP contribution in [-0.2, 0) is 0 Å². The van der Waals surface area contributed by atoms with Gasteiger partial charge < -0.3 is 4.74 Å². The second kappa shape index (κ2) is 4.17. The van der Waals surface area contributed by atoms with Gasteiger partial charge in [0.25, 0.3) is 0 Å². The summed E-state index contributed by atoms with van der Waals surface area (Å²) >= 11 is 0. The van der Waals surface area contributed by atoms with Crippen molar-refractivity contribution < 1.29 is 9.53 Å². The quantitative estimate of drug-likeness (QED) is 0.686. The lowest BCUT2D eigenvalue weighted by atomic mass is 10.0. The Kier molecular flexibility index (Phi) is 3.17. The number of ether oxygens (including phenoxy) is 1. The molecule has 0 bridgehead atoms. The van der Waals surface area contributed by atoms with Crippen molar-refractivity contribution in [1.29, 1.82) is 0 Å². The standard InChI is InChI=1S/C10H14N2O2/c1-6(2)9(13)8-5-11-7(3)12-10(8)14-4/h5-6H,1-4H3. The number of carbonyl (C=O) groups is 1. The van der Waals surface area contributed by atoms with Gasteiger partial charge in [0.15, 0.2) is 5.78 Å². The highest BCUT2D eigenvalue weighted by Crippen LogP contribution is 2.17. The van der Waals surface area contributed by atoms with Crippen LogP contribution in [0, 0.1) is 12.8 Å². The minimum absolute atomic E-state index is 0.00171. The van der Waals surface area contributed by atoms with Gasteiger partial charge in [-0.05, 0) is 6.92 Å². The van der Waals surface area contributed by atoms with E-state index < -0.39 is 0 Å². The molecule has 0 aromatic carbocycles. The van der Waals surface area contributed by atoms with Crippen LogP contribution < -0.4 is 4.74 Å². The Morgan fingerprint density at radius 1 is 1.50 bits per heavy atom. The molecular weight excluding hydrogens is 180 g/mol. The average molecular weight is 194 g/mol. The third-order valence-corrected chi connectivity index (χ3v) is 1.86. The normalized spacial score (nSPS) is 10.4. The van der Waals surface area contributed by atoms with Gasteiger partial charge in [-0.3, -0.25) is 4.79 Å². The number of rotatable bonds is 3. The van der Waals surface area contributed by atoms with Crippen LogP contribution in [0.5, 0.6) is 5.88 Å². The fourth-order valence-electron chi connectivity index (χ4n) is 1.08. The minimum atomic E-state index is -0.0739. The van der Waals surface area contributed by atoms with Gasteiger partial charge in [-0.15, -0.1) is 0 Å². The topological polar surface area (TPSA) is 52.1 Å². The van der Waals surface area contributed by atoms with Crippen LogP contribution in [0.3, 0.4) is 0 Å². The molecule has 4 nitrogen and oxygen atoms in total. The van der Waals surface area contributed by atoms with Crippen LogP contribution in [0.1, 0.15) is 30.0 Å². The molecule has 14 heavy (non-hydrogen) atoms. The Morgan fingerprint density at radius 3 is 2.64 bits per heavy atom. The molecule has 0 unspecified atom stereocenters. The van der Waals surface area contributed by atoms with Gasteiger partial charge in [-0.1, -0.05) is 13.8 Å². The lowest BCUT2D eigenvalue weighted by Crippen LogP contribution is -2.11. The van der Waals surface area contributed by atoms with Crippen molar-refractivity contribution >= 4 is 5.78 Å². The van der Waals surface area contributed by atoms with E-state index in [1.807, 2.05) is 13.8 Å². The molecule has 0 amide bonds. The smallest absolute Gasteiger partial charge is 0.227 e. The summed E-state index contributed by atoms with van der Waals surface area (Å²) in [5.41, 5.74) is 0.452. The Labute approximate surface area is 83.3 Å². The van der Waals surface area contributed by atoms with E-state index in [1.54, 1.807) is 6.92 Å². The molecular formula is C10H14N2O2. The highest BCUT2D eigenvalue weighted by Gasteiger charge is 2.17. The van der Waals surface area contributed by atoms with E-state index in [1.165, 1.54) is 13.3 Å². The van der Waals surface area contributed by atoms with E-state index in [4.69, 9.17) is 4.74 Å².